The molecule has 0 fully saturated rings. The number of aryl methyl sites for hydroxylation is 1. The van der Waals surface area contributed by atoms with Crippen LogP contribution in [-0.4, -0.2) is 44.8 Å². The summed E-state index contributed by atoms with van der Waals surface area (Å²) >= 11 is 0. The molecule has 0 heterocycles. The van der Waals surface area contributed by atoms with Crippen LogP contribution < -0.4 is 5.32 Å². The molecule has 0 aliphatic heterocycles. The SMILES string of the molecule is CCCNC(CCN(C)CCOCC)c1cccc(C)c1. The Kier molecular flexibility index (Phi) is 9.31. The van der Waals surface area contributed by atoms with E-state index in [4.69, 9.17) is 4.74 Å². The molecule has 0 radical (unpaired) electrons. The van der Waals surface area contributed by atoms with Gasteiger partial charge >= 0.3 is 0 Å². The van der Waals surface area contributed by atoms with E-state index in [1.54, 1.807) is 0 Å². The monoisotopic (exact) mass is 292 g/mol. The normalized spacial score (nSPS) is 12.8. The zero-order valence-corrected chi connectivity index (χ0v) is 14.2. The van der Waals surface area contributed by atoms with Crippen molar-refractivity contribution in [3.05, 3.63) is 35.4 Å². The molecule has 0 aliphatic rings. The van der Waals surface area contributed by atoms with Crippen LogP contribution in [0.2, 0.25) is 0 Å². The van der Waals surface area contributed by atoms with Crippen molar-refractivity contribution in [3.63, 3.8) is 0 Å². The average molecular weight is 292 g/mol. The fourth-order valence-corrected chi connectivity index (χ4v) is 2.42. The van der Waals surface area contributed by atoms with Crippen molar-refractivity contribution in [1.82, 2.24) is 10.2 Å². The summed E-state index contributed by atoms with van der Waals surface area (Å²) in [7, 11) is 2.17. The fraction of sp³-hybridized carbons (Fsp3) is 0.667. The summed E-state index contributed by atoms with van der Waals surface area (Å²) in [6.07, 6.45) is 2.30. The van der Waals surface area contributed by atoms with Crippen LogP contribution in [0.1, 0.15) is 43.9 Å². The molecule has 1 aromatic carbocycles. The van der Waals surface area contributed by atoms with E-state index < -0.39 is 0 Å². The van der Waals surface area contributed by atoms with Crippen molar-refractivity contribution < 1.29 is 4.74 Å². The van der Waals surface area contributed by atoms with Crippen molar-refractivity contribution in [3.8, 4) is 0 Å². The molecule has 120 valence electrons. The number of likely N-dealkylation sites (N-methyl/N-ethyl adjacent to an activating group) is 1. The maximum absolute atomic E-state index is 5.42. The predicted molar refractivity (Wildman–Crippen MR) is 90.8 cm³/mol. The van der Waals surface area contributed by atoms with E-state index in [0.717, 1.165) is 39.3 Å². The molecule has 0 aromatic heterocycles. The Morgan fingerprint density at radius 3 is 2.71 bits per heavy atom. The molecule has 0 saturated carbocycles. The Morgan fingerprint density at radius 1 is 1.24 bits per heavy atom. The van der Waals surface area contributed by atoms with Crippen LogP contribution in [0, 0.1) is 6.92 Å². The van der Waals surface area contributed by atoms with Crippen molar-refractivity contribution in [2.45, 2.75) is 39.7 Å². The molecule has 0 amide bonds. The van der Waals surface area contributed by atoms with Gasteiger partial charge in [0.25, 0.3) is 0 Å². The summed E-state index contributed by atoms with van der Waals surface area (Å²) < 4.78 is 5.42. The third-order valence-electron chi connectivity index (χ3n) is 3.71. The Hall–Kier alpha value is -0.900. The van der Waals surface area contributed by atoms with E-state index in [0.29, 0.717) is 6.04 Å². The van der Waals surface area contributed by atoms with Gasteiger partial charge in [0.1, 0.15) is 0 Å². The van der Waals surface area contributed by atoms with Crippen molar-refractivity contribution in [2.75, 3.05) is 39.9 Å². The summed E-state index contributed by atoms with van der Waals surface area (Å²) in [5.41, 5.74) is 2.74. The second kappa shape index (κ2) is 10.8. The minimum atomic E-state index is 0.444. The third kappa shape index (κ3) is 7.60. The van der Waals surface area contributed by atoms with Crippen LogP contribution in [0.4, 0.5) is 0 Å². The van der Waals surface area contributed by atoms with Crippen LogP contribution in [0.3, 0.4) is 0 Å². The zero-order chi connectivity index (χ0) is 15.5. The molecule has 1 unspecified atom stereocenters. The van der Waals surface area contributed by atoms with Gasteiger partial charge in [-0.2, -0.15) is 0 Å². The molecule has 1 atom stereocenters. The number of benzene rings is 1. The molecule has 1 rings (SSSR count). The molecule has 3 nitrogen and oxygen atoms in total. The topological polar surface area (TPSA) is 24.5 Å². The number of nitrogens with one attached hydrogen (secondary N) is 1. The minimum absolute atomic E-state index is 0.444. The van der Waals surface area contributed by atoms with Gasteiger partial charge in [0.2, 0.25) is 0 Å². The minimum Gasteiger partial charge on any atom is -0.380 e. The maximum Gasteiger partial charge on any atom is 0.0593 e. The van der Waals surface area contributed by atoms with E-state index in [1.165, 1.54) is 17.5 Å². The van der Waals surface area contributed by atoms with Gasteiger partial charge in [0, 0.05) is 19.2 Å². The number of hydrogen-bond donors (Lipinski definition) is 1. The molecule has 0 saturated heterocycles. The number of nitrogens with zero attached hydrogens (tertiary/aromatic N) is 1. The fourth-order valence-electron chi connectivity index (χ4n) is 2.42. The summed E-state index contributed by atoms with van der Waals surface area (Å²) in [5.74, 6) is 0. The summed E-state index contributed by atoms with van der Waals surface area (Å²) in [6, 6.07) is 9.30. The molecular weight excluding hydrogens is 260 g/mol. The van der Waals surface area contributed by atoms with E-state index in [2.05, 4.69) is 55.4 Å². The van der Waals surface area contributed by atoms with Crippen LogP contribution in [0.15, 0.2) is 24.3 Å². The van der Waals surface area contributed by atoms with Gasteiger partial charge in [0.15, 0.2) is 0 Å². The van der Waals surface area contributed by atoms with Crippen molar-refractivity contribution >= 4 is 0 Å². The molecule has 0 spiro atoms. The lowest BCUT2D eigenvalue weighted by atomic mass is 10.0. The summed E-state index contributed by atoms with van der Waals surface area (Å²) in [4.78, 5) is 2.35. The maximum atomic E-state index is 5.42. The van der Waals surface area contributed by atoms with E-state index in [-0.39, 0.29) is 0 Å². The van der Waals surface area contributed by atoms with Crippen LogP contribution >= 0.6 is 0 Å². The Labute approximate surface area is 130 Å². The highest BCUT2D eigenvalue weighted by atomic mass is 16.5. The summed E-state index contributed by atoms with van der Waals surface area (Å²) in [6.45, 7) is 11.2. The molecule has 1 aromatic rings. The van der Waals surface area contributed by atoms with Crippen molar-refractivity contribution in [1.29, 1.82) is 0 Å². The number of rotatable bonds is 11. The summed E-state index contributed by atoms with van der Waals surface area (Å²) in [5, 5.41) is 3.68. The Morgan fingerprint density at radius 2 is 2.05 bits per heavy atom. The first-order valence-electron chi connectivity index (χ1n) is 8.23. The molecule has 21 heavy (non-hydrogen) atoms. The highest BCUT2D eigenvalue weighted by molar-refractivity contribution is 5.25. The van der Waals surface area contributed by atoms with Gasteiger partial charge in [-0.25, -0.2) is 0 Å². The number of hydrogen-bond acceptors (Lipinski definition) is 3. The first-order chi connectivity index (χ1) is 10.2. The first-order valence-corrected chi connectivity index (χ1v) is 8.23. The lowest BCUT2D eigenvalue weighted by Crippen LogP contribution is -2.29. The quantitative estimate of drug-likeness (QED) is 0.633. The van der Waals surface area contributed by atoms with Gasteiger partial charge in [-0.1, -0.05) is 36.8 Å². The zero-order valence-electron chi connectivity index (χ0n) is 14.2. The average Bonchev–Trinajstić information content (AvgIpc) is 2.47. The van der Waals surface area contributed by atoms with E-state index in [9.17, 15) is 0 Å². The Bertz CT molecular complexity index is 381. The van der Waals surface area contributed by atoms with Crippen LogP contribution in [0.25, 0.3) is 0 Å². The van der Waals surface area contributed by atoms with Gasteiger partial charge < -0.3 is 15.0 Å². The molecule has 1 N–H and O–H groups in total. The smallest absolute Gasteiger partial charge is 0.0593 e. The molecular formula is C18H32N2O. The van der Waals surface area contributed by atoms with Crippen LogP contribution in [0.5, 0.6) is 0 Å². The van der Waals surface area contributed by atoms with Gasteiger partial charge in [0.05, 0.1) is 6.61 Å². The highest BCUT2D eigenvalue weighted by Gasteiger charge is 2.11. The standard InChI is InChI=1S/C18H32N2O/c1-5-11-19-18(17-9-7-8-16(3)15-17)10-12-20(4)13-14-21-6-2/h7-9,15,18-19H,5-6,10-14H2,1-4H3. The van der Waals surface area contributed by atoms with Crippen LogP contribution in [-0.2, 0) is 4.74 Å². The third-order valence-corrected chi connectivity index (χ3v) is 3.71. The van der Waals surface area contributed by atoms with E-state index >= 15 is 0 Å². The predicted octanol–water partition coefficient (Wildman–Crippen LogP) is 3.39. The second-order valence-corrected chi connectivity index (χ2v) is 5.71. The Balaban J connectivity index is 2.50. The van der Waals surface area contributed by atoms with E-state index in [1.807, 2.05) is 6.92 Å². The number of ether oxygens (including phenoxy) is 1. The van der Waals surface area contributed by atoms with Gasteiger partial charge in [-0.15, -0.1) is 0 Å². The lowest BCUT2D eigenvalue weighted by molar-refractivity contribution is 0.121. The molecule has 0 aliphatic carbocycles. The molecule has 3 heteroatoms. The largest absolute Gasteiger partial charge is 0.380 e. The second-order valence-electron chi connectivity index (χ2n) is 5.71. The highest BCUT2D eigenvalue weighted by Crippen LogP contribution is 2.18. The van der Waals surface area contributed by atoms with Crippen molar-refractivity contribution in [2.24, 2.45) is 0 Å². The van der Waals surface area contributed by atoms with Gasteiger partial charge in [-0.05, 0) is 52.4 Å². The van der Waals surface area contributed by atoms with Gasteiger partial charge in [-0.3, -0.25) is 0 Å². The lowest BCUT2D eigenvalue weighted by Gasteiger charge is -2.23. The molecule has 0 bridgehead atoms. The first kappa shape index (κ1) is 18.1.